The number of carbonyl (C=O) groups is 3. The van der Waals surface area contributed by atoms with Crippen LogP contribution in [0.2, 0.25) is 0 Å². The lowest BCUT2D eigenvalue weighted by molar-refractivity contribution is -0.147. The molecule has 11 nitrogen and oxygen atoms in total. The Bertz CT molecular complexity index is 1150. The fourth-order valence-corrected chi connectivity index (χ4v) is 8.06. The van der Waals surface area contributed by atoms with Gasteiger partial charge in [-0.05, 0) is 44.9 Å². The molecule has 0 aliphatic rings. The van der Waals surface area contributed by atoms with Crippen LogP contribution in [-0.2, 0) is 32.7 Å². The number of esters is 1. The Balaban J connectivity index is 3.81. The fraction of sp³-hybridized carbons (Fsp3) is 0.860. The van der Waals surface area contributed by atoms with Gasteiger partial charge in [0.05, 0.1) is 13.2 Å². The number of rotatable bonds is 48. The second-order valence-electron chi connectivity index (χ2n) is 17.4. The van der Waals surface area contributed by atoms with Gasteiger partial charge in [-0.15, -0.1) is 0 Å². The van der Waals surface area contributed by atoms with Crippen molar-refractivity contribution >= 4 is 25.7 Å². The number of amides is 1. The Morgan fingerprint density at radius 2 is 0.887 bits per heavy atom. The van der Waals surface area contributed by atoms with E-state index in [0.717, 1.165) is 64.2 Å². The first-order chi connectivity index (χ1) is 30.1. The molecular weight excluding hydrogens is 806 g/mol. The smallest absolute Gasteiger partial charge is 0.472 e. The van der Waals surface area contributed by atoms with Crippen LogP contribution in [0.1, 0.15) is 245 Å². The number of phosphoric ester groups is 1. The number of carboxylic acids is 1. The highest BCUT2D eigenvalue weighted by Gasteiger charge is 2.28. The Labute approximate surface area is 379 Å². The molecule has 0 rings (SSSR count). The summed E-state index contributed by atoms with van der Waals surface area (Å²) >= 11 is 0. The van der Waals surface area contributed by atoms with Crippen LogP contribution < -0.4 is 5.32 Å². The van der Waals surface area contributed by atoms with E-state index in [2.05, 4.69) is 43.5 Å². The second-order valence-corrected chi connectivity index (χ2v) is 18.8. The lowest BCUT2D eigenvalue weighted by atomic mass is 10.0. The number of allylic oxidation sites excluding steroid dienone is 4. The molecule has 0 fully saturated rings. The maximum absolute atomic E-state index is 12.4. The molecule has 3 unspecified atom stereocenters. The molecule has 12 heteroatoms. The van der Waals surface area contributed by atoms with Gasteiger partial charge in [-0.2, -0.15) is 0 Å². The molecule has 0 aromatic heterocycles. The topological polar surface area (TPSA) is 169 Å². The van der Waals surface area contributed by atoms with E-state index < -0.39 is 57.6 Å². The zero-order valence-corrected chi connectivity index (χ0v) is 40.6. The molecule has 3 atom stereocenters. The first kappa shape index (κ1) is 60.0. The SMILES string of the molecule is CCCCC/C=C\C/C=C\CCCCCCCC(=O)OCC(O)COP(=O)(O)OCC(NC(=O)CCCCCCCCCCCCCCCCCCCCCCCCC)C(=O)O. The number of aliphatic carboxylic acids is 1. The van der Waals surface area contributed by atoms with Crippen molar-refractivity contribution in [3.05, 3.63) is 24.3 Å². The van der Waals surface area contributed by atoms with Gasteiger partial charge in [0.25, 0.3) is 0 Å². The fourth-order valence-electron chi connectivity index (χ4n) is 7.29. The molecule has 0 aliphatic heterocycles. The Morgan fingerprint density at radius 3 is 1.34 bits per heavy atom. The van der Waals surface area contributed by atoms with Crippen LogP contribution in [0.25, 0.3) is 0 Å². The number of hydrogen-bond acceptors (Lipinski definition) is 8. The minimum absolute atomic E-state index is 0.150. The average molecular weight is 900 g/mol. The maximum Gasteiger partial charge on any atom is 0.472 e. The number of ether oxygens (including phenoxy) is 1. The van der Waals surface area contributed by atoms with Crippen LogP contribution in [0.15, 0.2) is 24.3 Å². The van der Waals surface area contributed by atoms with Gasteiger partial charge in [-0.25, -0.2) is 9.36 Å². The molecule has 0 aromatic carbocycles. The van der Waals surface area contributed by atoms with Gasteiger partial charge in [0.15, 0.2) is 6.04 Å². The Morgan fingerprint density at radius 1 is 0.516 bits per heavy atom. The standard InChI is InChI=1S/C50H94NO10P/c1-3-5-7-9-11-13-15-17-19-20-21-22-23-24-25-26-28-29-31-33-35-37-39-41-48(53)51-47(50(55)56)45-61-62(57,58)60-44-46(52)43-59-49(54)42-40-38-36-34-32-30-27-18-16-14-12-10-8-6-4-2/h12,14,18,27,46-47,52H,3-11,13,15-17,19-26,28-45H2,1-2H3,(H,51,53)(H,55,56)(H,57,58)/b14-12-,27-18-. The van der Waals surface area contributed by atoms with Gasteiger partial charge in [-0.3, -0.25) is 18.6 Å². The maximum atomic E-state index is 12.4. The molecule has 0 radical (unpaired) electrons. The van der Waals surface area contributed by atoms with E-state index >= 15 is 0 Å². The third-order valence-corrected chi connectivity index (χ3v) is 12.2. The summed E-state index contributed by atoms with van der Waals surface area (Å²) in [5.41, 5.74) is 0. The van der Waals surface area contributed by atoms with Crippen molar-refractivity contribution < 1.29 is 47.8 Å². The van der Waals surface area contributed by atoms with E-state index in [1.165, 1.54) is 141 Å². The largest absolute Gasteiger partial charge is 0.480 e. The van der Waals surface area contributed by atoms with E-state index in [4.69, 9.17) is 13.8 Å². The molecule has 0 heterocycles. The highest BCUT2D eigenvalue weighted by atomic mass is 31.2. The van der Waals surface area contributed by atoms with E-state index in [-0.39, 0.29) is 12.8 Å². The van der Waals surface area contributed by atoms with Crippen molar-refractivity contribution in [2.45, 2.75) is 257 Å². The zero-order chi connectivity index (χ0) is 45.6. The molecule has 0 spiro atoms. The first-order valence-corrected chi connectivity index (χ1v) is 26.9. The van der Waals surface area contributed by atoms with Crippen molar-refractivity contribution in [3.63, 3.8) is 0 Å². The summed E-state index contributed by atoms with van der Waals surface area (Å²) in [6.45, 7) is 2.59. The van der Waals surface area contributed by atoms with Crippen molar-refractivity contribution in [3.8, 4) is 0 Å². The van der Waals surface area contributed by atoms with Crippen LogP contribution in [0, 0.1) is 0 Å². The number of aliphatic hydroxyl groups excluding tert-OH is 1. The van der Waals surface area contributed by atoms with Gasteiger partial charge in [-0.1, -0.05) is 212 Å². The van der Waals surface area contributed by atoms with Crippen molar-refractivity contribution in [2.75, 3.05) is 19.8 Å². The number of carbonyl (C=O) groups excluding carboxylic acids is 2. The minimum atomic E-state index is -4.76. The Kier molecular flexibility index (Phi) is 44.0. The van der Waals surface area contributed by atoms with Crippen molar-refractivity contribution in [2.24, 2.45) is 0 Å². The summed E-state index contributed by atoms with van der Waals surface area (Å²) in [7, 11) is -4.76. The van der Waals surface area contributed by atoms with Crippen LogP contribution in [0.4, 0.5) is 0 Å². The lowest BCUT2D eigenvalue weighted by Crippen LogP contribution is -2.43. The molecule has 0 aromatic rings. The predicted octanol–water partition coefficient (Wildman–Crippen LogP) is 13.8. The molecule has 0 saturated carbocycles. The number of hydrogen-bond donors (Lipinski definition) is 4. The van der Waals surface area contributed by atoms with Crippen LogP contribution in [0.5, 0.6) is 0 Å². The summed E-state index contributed by atoms with van der Waals surface area (Å²) in [6.07, 6.45) is 49.2. The summed E-state index contributed by atoms with van der Waals surface area (Å²) < 4.78 is 26.9. The molecule has 0 bridgehead atoms. The summed E-state index contributed by atoms with van der Waals surface area (Å²) in [5, 5.41) is 21.9. The highest BCUT2D eigenvalue weighted by molar-refractivity contribution is 7.47. The van der Waals surface area contributed by atoms with E-state index in [1.54, 1.807) is 0 Å². The van der Waals surface area contributed by atoms with E-state index in [1.807, 2.05) is 0 Å². The van der Waals surface area contributed by atoms with Crippen LogP contribution >= 0.6 is 7.82 Å². The summed E-state index contributed by atoms with van der Waals surface area (Å²) in [4.78, 5) is 46.1. The second kappa shape index (κ2) is 45.5. The predicted molar refractivity (Wildman–Crippen MR) is 254 cm³/mol. The van der Waals surface area contributed by atoms with Gasteiger partial charge >= 0.3 is 19.8 Å². The quantitative estimate of drug-likeness (QED) is 0.0200. The van der Waals surface area contributed by atoms with Crippen LogP contribution in [-0.4, -0.2) is 64.9 Å². The third kappa shape index (κ3) is 44.6. The summed E-state index contributed by atoms with van der Waals surface area (Å²) in [5.74, 6) is -2.37. The van der Waals surface area contributed by atoms with Gasteiger partial charge in [0.1, 0.15) is 12.7 Å². The summed E-state index contributed by atoms with van der Waals surface area (Å²) in [6, 6.07) is -1.55. The molecule has 0 aliphatic carbocycles. The minimum Gasteiger partial charge on any atom is -0.480 e. The number of nitrogens with one attached hydrogen (secondary N) is 1. The number of aliphatic hydroxyl groups is 1. The van der Waals surface area contributed by atoms with Gasteiger partial charge in [0, 0.05) is 12.8 Å². The normalized spacial score (nSPS) is 13.7. The number of carboxylic acid groups (broad SMARTS) is 1. The van der Waals surface area contributed by atoms with E-state index in [9.17, 15) is 34.1 Å². The molecule has 364 valence electrons. The van der Waals surface area contributed by atoms with E-state index in [0.29, 0.717) is 12.8 Å². The molecule has 1 amide bonds. The van der Waals surface area contributed by atoms with Gasteiger partial charge in [0.2, 0.25) is 5.91 Å². The van der Waals surface area contributed by atoms with Crippen molar-refractivity contribution in [1.29, 1.82) is 0 Å². The lowest BCUT2D eigenvalue weighted by Gasteiger charge is -2.18. The molecule has 4 N–H and O–H groups in total. The Hall–Kier alpha value is -2.04. The molecule has 62 heavy (non-hydrogen) atoms. The molecular formula is C50H94NO10P. The molecule has 0 saturated heterocycles. The zero-order valence-electron chi connectivity index (χ0n) is 39.7. The highest BCUT2D eigenvalue weighted by Crippen LogP contribution is 2.43. The van der Waals surface area contributed by atoms with Gasteiger partial charge < -0.3 is 25.2 Å². The third-order valence-electron chi connectivity index (χ3n) is 11.2. The number of unbranched alkanes of at least 4 members (excludes halogenated alkanes) is 30. The first-order valence-electron chi connectivity index (χ1n) is 25.4. The van der Waals surface area contributed by atoms with Crippen LogP contribution in [0.3, 0.4) is 0 Å². The van der Waals surface area contributed by atoms with Crippen molar-refractivity contribution in [1.82, 2.24) is 5.32 Å². The monoisotopic (exact) mass is 900 g/mol. The number of phosphoric acid groups is 1. The average Bonchev–Trinajstić information content (AvgIpc) is 3.25.